The minimum absolute atomic E-state index is 0.221. The molecule has 0 aliphatic carbocycles. The Bertz CT molecular complexity index is 636. The maximum atomic E-state index is 5.76. The van der Waals surface area contributed by atoms with Gasteiger partial charge in [0.15, 0.2) is 5.82 Å². The van der Waals surface area contributed by atoms with E-state index in [4.69, 9.17) is 4.74 Å². The van der Waals surface area contributed by atoms with Gasteiger partial charge in [0.05, 0.1) is 24.9 Å². The molecular weight excluding hydrogens is 292 g/mol. The maximum absolute atomic E-state index is 5.76. The van der Waals surface area contributed by atoms with Crippen LogP contribution in [0.4, 0.5) is 0 Å². The number of hydrogen-bond donors (Lipinski definition) is 1. The summed E-state index contributed by atoms with van der Waals surface area (Å²) in [6.07, 6.45) is 0.221. The van der Waals surface area contributed by atoms with Crippen LogP contribution in [-0.4, -0.2) is 64.5 Å². The second-order valence-electron chi connectivity index (χ2n) is 6.13. The van der Waals surface area contributed by atoms with Crippen molar-refractivity contribution < 1.29 is 4.74 Å². The van der Waals surface area contributed by atoms with E-state index >= 15 is 0 Å². The fraction of sp³-hybridized carbons (Fsp3) is 0.562. The summed E-state index contributed by atoms with van der Waals surface area (Å²) in [5, 5.41) is 15.6. The van der Waals surface area contributed by atoms with Crippen LogP contribution >= 0.6 is 0 Å². The smallest absolute Gasteiger partial charge is 0.170 e. The Kier molecular flexibility index (Phi) is 5.00. The van der Waals surface area contributed by atoms with Crippen molar-refractivity contribution in [3.63, 3.8) is 0 Å². The molecule has 1 atom stereocenters. The Labute approximate surface area is 136 Å². The molecule has 1 aromatic heterocycles. The van der Waals surface area contributed by atoms with Crippen molar-refractivity contribution in [1.29, 1.82) is 0 Å². The van der Waals surface area contributed by atoms with Gasteiger partial charge in [-0.25, -0.2) is 0 Å². The van der Waals surface area contributed by atoms with Gasteiger partial charge in [0.1, 0.15) is 0 Å². The topological polar surface area (TPSA) is 68.1 Å². The molecule has 0 bridgehead atoms. The fourth-order valence-corrected chi connectivity index (χ4v) is 2.96. The van der Waals surface area contributed by atoms with Gasteiger partial charge in [-0.05, 0) is 42.4 Å². The Morgan fingerprint density at radius 2 is 2.09 bits per heavy atom. The van der Waals surface area contributed by atoms with Gasteiger partial charge in [0, 0.05) is 19.6 Å². The average molecular weight is 316 g/mol. The number of morpholine rings is 1. The number of rotatable bonds is 5. The number of ether oxygens (including phenoxy) is 1. The molecule has 0 amide bonds. The maximum Gasteiger partial charge on any atom is 0.170 e. The lowest BCUT2D eigenvalue weighted by molar-refractivity contribution is -0.0183. The van der Waals surface area contributed by atoms with Crippen molar-refractivity contribution in [2.24, 2.45) is 0 Å². The molecule has 3 rings (SSSR count). The molecule has 1 aliphatic rings. The van der Waals surface area contributed by atoms with Crippen molar-refractivity contribution >= 4 is 0 Å². The van der Waals surface area contributed by atoms with Gasteiger partial charge >= 0.3 is 0 Å². The fourth-order valence-electron chi connectivity index (χ4n) is 2.96. The Morgan fingerprint density at radius 1 is 1.30 bits per heavy atom. The monoisotopic (exact) mass is 316 g/mol. The second-order valence-corrected chi connectivity index (χ2v) is 6.13. The molecule has 1 fully saturated rings. The van der Waals surface area contributed by atoms with E-state index in [1.165, 1.54) is 0 Å². The predicted molar refractivity (Wildman–Crippen MR) is 87.6 cm³/mol. The van der Waals surface area contributed by atoms with Crippen LogP contribution in [0.15, 0.2) is 18.2 Å². The van der Waals surface area contributed by atoms with E-state index in [1.807, 2.05) is 10.7 Å². The van der Waals surface area contributed by atoms with Crippen molar-refractivity contribution in [3.8, 4) is 5.69 Å². The normalized spacial score (nSPS) is 19.2. The zero-order chi connectivity index (χ0) is 16.2. The zero-order valence-corrected chi connectivity index (χ0v) is 14.0. The Morgan fingerprint density at radius 3 is 2.83 bits per heavy atom. The first-order valence-electron chi connectivity index (χ1n) is 8.00. The van der Waals surface area contributed by atoms with Crippen molar-refractivity contribution in [2.75, 3.05) is 33.3 Å². The summed E-state index contributed by atoms with van der Waals surface area (Å²) in [5.41, 5.74) is 3.38. The number of hydrogen-bond acceptors (Lipinski definition) is 6. The summed E-state index contributed by atoms with van der Waals surface area (Å²) >= 11 is 0. The highest BCUT2D eigenvalue weighted by Gasteiger charge is 2.18. The van der Waals surface area contributed by atoms with Gasteiger partial charge in [-0.15, -0.1) is 5.10 Å². The molecule has 124 valence electrons. The number of para-hydroxylation sites is 1. The van der Waals surface area contributed by atoms with Crippen LogP contribution in [0.25, 0.3) is 5.69 Å². The first-order valence-corrected chi connectivity index (χ1v) is 8.00. The Balaban J connectivity index is 1.65. The standard InChI is InChI=1S/C16H24N6O/c1-12-5-4-6-13(2)16(12)22-15(18-19-20-22)10-17-9-14-11-21(3)7-8-23-14/h4-6,14,17H,7-11H2,1-3H3. The molecular formula is C16H24N6O. The van der Waals surface area contributed by atoms with Gasteiger partial charge < -0.3 is 15.0 Å². The summed E-state index contributed by atoms with van der Waals surface area (Å²) < 4.78 is 7.58. The van der Waals surface area contributed by atoms with E-state index in [0.29, 0.717) is 6.54 Å². The van der Waals surface area contributed by atoms with E-state index in [0.717, 1.165) is 48.9 Å². The van der Waals surface area contributed by atoms with E-state index < -0.39 is 0 Å². The molecule has 2 aromatic rings. The molecule has 1 N–H and O–H groups in total. The third kappa shape index (κ3) is 3.74. The largest absolute Gasteiger partial charge is 0.374 e. The minimum Gasteiger partial charge on any atom is -0.374 e. The minimum atomic E-state index is 0.221. The molecule has 0 radical (unpaired) electrons. The molecule has 1 aromatic carbocycles. The molecule has 7 nitrogen and oxygen atoms in total. The van der Waals surface area contributed by atoms with E-state index in [9.17, 15) is 0 Å². The molecule has 0 saturated carbocycles. The number of nitrogens with one attached hydrogen (secondary N) is 1. The van der Waals surface area contributed by atoms with Crippen LogP contribution < -0.4 is 5.32 Å². The summed E-state index contributed by atoms with van der Waals surface area (Å²) in [6, 6.07) is 6.20. The third-order valence-electron chi connectivity index (χ3n) is 4.18. The highest BCUT2D eigenvalue weighted by atomic mass is 16.5. The molecule has 7 heteroatoms. The number of nitrogens with zero attached hydrogens (tertiary/aromatic N) is 5. The van der Waals surface area contributed by atoms with Crippen molar-refractivity contribution in [3.05, 3.63) is 35.2 Å². The molecule has 1 saturated heterocycles. The zero-order valence-electron chi connectivity index (χ0n) is 14.0. The average Bonchev–Trinajstić information content (AvgIpc) is 2.95. The van der Waals surface area contributed by atoms with Gasteiger partial charge in [-0.3, -0.25) is 0 Å². The first-order chi connectivity index (χ1) is 11.1. The van der Waals surface area contributed by atoms with Gasteiger partial charge in [-0.1, -0.05) is 18.2 Å². The summed E-state index contributed by atoms with van der Waals surface area (Å²) in [7, 11) is 2.12. The predicted octanol–water partition coefficient (Wildman–Crippen LogP) is 0.699. The summed E-state index contributed by atoms with van der Waals surface area (Å²) in [5.74, 6) is 0.812. The van der Waals surface area contributed by atoms with Gasteiger partial charge in [0.2, 0.25) is 0 Å². The number of aromatic nitrogens is 4. The van der Waals surface area contributed by atoms with Crippen LogP contribution in [0, 0.1) is 13.8 Å². The number of benzene rings is 1. The van der Waals surface area contributed by atoms with E-state index in [2.05, 4.69) is 58.8 Å². The van der Waals surface area contributed by atoms with Crippen LogP contribution in [0.5, 0.6) is 0 Å². The highest BCUT2D eigenvalue weighted by Crippen LogP contribution is 2.18. The number of likely N-dealkylation sites (N-methyl/N-ethyl adjacent to an activating group) is 1. The van der Waals surface area contributed by atoms with Crippen LogP contribution in [0.1, 0.15) is 17.0 Å². The lowest BCUT2D eigenvalue weighted by Crippen LogP contribution is -2.44. The number of aryl methyl sites for hydroxylation is 2. The van der Waals surface area contributed by atoms with E-state index in [-0.39, 0.29) is 6.10 Å². The molecule has 0 spiro atoms. The summed E-state index contributed by atoms with van der Waals surface area (Å²) in [4.78, 5) is 2.29. The Hall–Kier alpha value is -1.83. The van der Waals surface area contributed by atoms with Crippen molar-refractivity contribution in [2.45, 2.75) is 26.5 Å². The van der Waals surface area contributed by atoms with E-state index in [1.54, 1.807) is 0 Å². The van der Waals surface area contributed by atoms with Crippen molar-refractivity contribution in [1.82, 2.24) is 30.4 Å². The SMILES string of the molecule is Cc1cccc(C)c1-n1nnnc1CNCC1CN(C)CCO1. The summed E-state index contributed by atoms with van der Waals surface area (Å²) in [6.45, 7) is 8.31. The first kappa shape index (κ1) is 16.0. The lowest BCUT2D eigenvalue weighted by Gasteiger charge is -2.30. The molecule has 2 heterocycles. The molecule has 1 unspecified atom stereocenters. The van der Waals surface area contributed by atoms with Crippen LogP contribution in [-0.2, 0) is 11.3 Å². The highest BCUT2D eigenvalue weighted by molar-refractivity contribution is 5.46. The lowest BCUT2D eigenvalue weighted by atomic mass is 10.1. The number of tetrazole rings is 1. The third-order valence-corrected chi connectivity index (χ3v) is 4.18. The van der Waals surface area contributed by atoms with Gasteiger partial charge in [0.25, 0.3) is 0 Å². The van der Waals surface area contributed by atoms with Crippen LogP contribution in [0.3, 0.4) is 0 Å². The molecule has 23 heavy (non-hydrogen) atoms. The van der Waals surface area contributed by atoms with Crippen LogP contribution in [0.2, 0.25) is 0 Å². The second kappa shape index (κ2) is 7.16. The molecule has 1 aliphatic heterocycles. The quantitative estimate of drug-likeness (QED) is 0.876. The van der Waals surface area contributed by atoms with Gasteiger partial charge in [-0.2, -0.15) is 4.68 Å².